The molecule has 0 atom stereocenters. The van der Waals surface area contributed by atoms with Crippen molar-refractivity contribution in [2.45, 2.75) is 12.5 Å². The number of anilines is 2. The van der Waals surface area contributed by atoms with E-state index in [4.69, 9.17) is 0 Å². The SMILES string of the molecule is CC1(O)C(=O)N(c2ccccc2)N(c2ccccc2)C1=O. The Labute approximate surface area is 122 Å². The number of amides is 2. The van der Waals surface area contributed by atoms with Gasteiger partial charge in [-0.15, -0.1) is 0 Å². The molecule has 1 heterocycles. The predicted molar refractivity (Wildman–Crippen MR) is 78.5 cm³/mol. The van der Waals surface area contributed by atoms with Crippen molar-refractivity contribution < 1.29 is 14.7 Å². The Morgan fingerprint density at radius 2 is 1.10 bits per heavy atom. The third kappa shape index (κ3) is 1.98. The summed E-state index contributed by atoms with van der Waals surface area (Å²) in [5.74, 6) is -1.33. The number of nitrogens with zero attached hydrogens (tertiary/aromatic N) is 2. The fourth-order valence-electron chi connectivity index (χ4n) is 2.29. The van der Waals surface area contributed by atoms with E-state index in [0.717, 1.165) is 0 Å². The molecule has 1 N–H and O–H groups in total. The highest BCUT2D eigenvalue weighted by atomic mass is 16.3. The smallest absolute Gasteiger partial charge is 0.287 e. The van der Waals surface area contributed by atoms with E-state index in [2.05, 4.69) is 0 Å². The first-order valence-corrected chi connectivity index (χ1v) is 6.55. The van der Waals surface area contributed by atoms with Gasteiger partial charge in [0.25, 0.3) is 11.8 Å². The number of carbonyl (C=O) groups is 2. The molecule has 0 spiro atoms. The number of hydrazine groups is 1. The van der Waals surface area contributed by atoms with E-state index in [0.29, 0.717) is 11.4 Å². The Morgan fingerprint density at radius 1 is 0.762 bits per heavy atom. The van der Waals surface area contributed by atoms with Gasteiger partial charge in [-0.1, -0.05) is 36.4 Å². The van der Waals surface area contributed by atoms with Crippen molar-refractivity contribution in [2.75, 3.05) is 10.0 Å². The average molecular weight is 282 g/mol. The van der Waals surface area contributed by atoms with Gasteiger partial charge >= 0.3 is 0 Å². The molecule has 0 unspecified atom stereocenters. The van der Waals surface area contributed by atoms with E-state index >= 15 is 0 Å². The highest BCUT2D eigenvalue weighted by Gasteiger charge is 2.55. The lowest BCUT2D eigenvalue weighted by Crippen LogP contribution is -2.41. The second kappa shape index (κ2) is 4.71. The fourth-order valence-corrected chi connectivity index (χ4v) is 2.29. The largest absolute Gasteiger partial charge is 0.372 e. The summed E-state index contributed by atoms with van der Waals surface area (Å²) in [6, 6.07) is 17.5. The topological polar surface area (TPSA) is 60.9 Å². The highest BCUT2D eigenvalue weighted by Crippen LogP contribution is 2.33. The molecule has 2 aromatic rings. The van der Waals surface area contributed by atoms with E-state index in [9.17, 15) is 14.7 Å². The molecule has 0 saturated carbocycles. The van der Waals surface area contributed by atoms with Gasteiger partial charge in [0.05, 0.1) is 11.4 Å². The van der Waals surface area contributed by atoms with E-state index < -0.39 is 17.4 Å². The summed E-state index contributed by atoms with van der Waals surface area (Å²) in [6.45, 7) is 1.22. The van der Waals surface area contributed by atoms with Gasteiger partial charge in [-0.2, -0.15) is 0 Å². The molecule has 5 nitrogen and oxygen atoms in total. The first kappa shape index (κ1) is 13.3. The summed E-state index contributed by atoms with van der Waals surface area (Å²) in [5.41, 5.74) is -1.01. The van der Waals surface area contributed by atoms with Crippen LogP contribution in [-0.2, 0) is 9.59 Å². The normalized spacial score (nSPS) is 17.4. The van der Waals surface area contributed by atoms with Crippen molar-refractivity contribution in [3.63, 3.8) is 0 Å². The molecule has 1 saturated heterocycles. The van der Waals surface area contributed by atoms with Gasteiger partial charge in [0.2, 0.25) is 5.60 Å². The van der Waals surface area contributed by atoms with Crippen LogP contribution in [0.2, 0.25) is 0 Å². The number of benzene rings is 2. The first-order valence-electron chi connectivity index (χ1n) is 6.55. The maximum Gasteiger partial charge on any atom is 0.287 e. The van der Waals surface area contributed by atoms with Gasteiger partial charge in [0.15, 0.2) is 0 Å². The van der Waals surface area contributed by atoms with Crippen molar-refractivity contribution in [2.24, 2.45) is 0 Å². The summed E-state index contributed by atoms with van der Waals surface area (Å²) < 4.78 is 0. The molecule has 0 bridgehead atoms. The van der Waals surface area contributed by atoms with Crippen molar-refractivity contribution in [3.05, 3.63) is 60.7 Å². The second-order valence-electron chi connectivity index (χ2n) is 4.98. The molecule has 0 radical (unpaired) electrons. The highest BCUT2D eigenvalue weighted by molar-refractivity contribution is 6.28. The molecule has 2 amide bonds. The quantitative estimate of drug-likeness (QED) is 0.853. The minimum absolute atomic E-state index is 0.525. The van der Waals surface area contributed by atoms with Crippen molar-refractivity contribution in [1.82, 2.24) is 0 Å². The zero-order valence-corrected chi connectivity index (χ0v) is 11.4. The Morgan fingerprint density at radius 3 is 1.43 bits per heavy atom. The fraction of sp³-hybridized carbons (Fsp3) is 0.125. The number of rotatable bonds is 2. The molecule has 106 valence electrons. The minimum Gasteiger partial charge on any atom is -0.372 e. The van der Waals surface area contributed by atoms with Gasteiger partial charge in [-0.25, -0.2) is 10.0 Å². The van der Waals surface area contributed by atoms with Crippen molar-refractivity contribution in [1.29, 1.82) is 0 Å². The number of hydrogen-bond donors (Lipinski definition) is 1. The lowest BCUT2D eigenvalue weighted by molar-refractivity contribution is -0.142. The third-order valence-electron chi connectivity index (χ3n) is 3.42. The minimum atomic E-state index is -2.06. The van der Waals surface area contributed by atoms with Gasteiger partial charge in [0, 0.05) is 0 Å². The maximum absolute atomic E-state index is 12.4. The summed E-state index contributed by atoms with van der Waals surface area (Å²) in [5, 5.41) is 12.6. The summed E-state index contributed by atoms with van der Waals surface area (Å²) >= 11 is 0. The van der Waals surface area contributed by atoms with Gasteiger partial charge in [-0.05, 0) is 31.2 Å². The van der Waals surface area contributed by atoms with E-state index in [1.54, 1.807) is 48.5 Å². The van der Waals surface area contributed by atoms with Crippen LogP contribution < -0.4 is 10.0 Å². The van der Waals surface area contributed by atoms with Gasteiger partial charge in [0.1, 0.15) is 0 Å². The Bertz CT molecular complexity index is 624. The van der Waals surface area contributed by atoms with E-state index in [-0.39, 0.29) is 0 Å². The molecule has 2 aromatic carbocycles. The Balaban J connectivity index is 2.15. The molecule has 3 rings (SSSR count). The van der Waals surface area contributed by atoms with Crippen LogP contribution in [-0.4, -0.2) is 22.5 Å². The van der Waals surface area contributed by atoms with Crippen LogP contribution in [0, 0.1) is 0 Å². The van der Waals surface area contributed by atoms with Crippen LogP contribution in [0.25, 0.3) is 0 Å². The van der Waals surface area contributed by atoms with Crippen LogP contribution in [0.5, 0.6) is 0 Å². The van der Waals surface area contributed by atoms with E-state index in [1.807, 2.05) is 12.1 Å². The monoisotopic (exact) mass is 282 g/mol. The lowest BCUT2D eigenvalue weighted by atomic mass is 10.1. The summed E-state index contributed by atoms with van der Waals surface area (Å²) in [7, 11) is 0. The molecule has 1 aliphatic heterocycles. The van der Waals surface area contributed by atoms with Crippen LogP contribution in [0.3, 0.4) is 0 Å². The maximum atomic E-state index is 12.4. The molecule has 1 fully saturated rings. The lowest BCUT2D eigenvalue weighted by Gasteiger charge is -2.27. The number of carbonyl (C=O) groups excluding carboxylic acids is 2. The van der Waals surface area contributed by atoms with Crippen LogP contribution in [0.1, 0.15) is 6.92 Å². The van der Waals surface area contributed by atoms with E-state index in [1.165, 1.54) is 16.9 Å². The third-order valence-corrected chi connectivity index (χ3v) is 3.42. The van der Waals surface area contributed by atoms with Gasteiger partial charge in [-0.3, -0.25) is 9.59 Å². The number of aliphatic hydroxyl groups is 1. The van der Waals surface area contributed by atoms with Crippen LogP contribution >= 0.6 is 0 Å². The molecule has 5 heteroatoms. The number of para-hydroxylation sites is 2. The first-order chi connectivity index (χ1) is 10.0. The second-order valence-corrected chi connectivity index (χ2v) is 4.98. The summed E-state index contributed by atoms with van der Waals surface area (Å²) in [6.07, 6.45) is 0. The average Bonchev–Trinajstić information content (AvgIpc) is 2.69. The number of hydrogen-bond acceptors (Lipinski definition) is 3. The van der Waals surface area contributed by atoms with Crippen molar-refractivity contribution in [3.8, 4) is 0 Å². The standard InChI is InChI=1S/C16H14N2O3/c1-16(21)14(19)17(12-8-4-2-5-9-12)18(15(16)20)13-10-6-3-7-11-13/h2-11,21H,1H3. The zero-order chi connectivity index (χ0) is 15.0. The summed E-state index contributed by atoms with van der Waals surface area (Å²) in [4.78, 5) is 24.9. The molecular weight excluding hydrogens is 268 g/mol. The van der Waals surface area contributed by atoms with Crippen LogP contribution in [0.4, 0.5) is 11.4 Å². The predicted octanol–water partition coefficient (Wildman–Crippen LogP) is 1.73. The van der Waals surface area contributed by atoms with Crippen LogP contribution in [0.15, 0.2) is 60.7 Å². The molecule has 0 aromatic heterocycles. The van der Waals surface area contributed by atoms with Gasteiger partial charge < -0.3 is 5.11 Å². The zero-order valence-electron chi connectivity index (χ0n) is 11.4. The van der Waals surface area contributed by atoms with Crippen molar-refractivity contribution >= 4 is 23.2 Å². The molecular formula is C16H14N2O3. The molecule has 1 aliphatic rings. The molecule has 0 aliphatic carbocycles. The Kier molecular flexibility index (Phi) is 2.99. The molecule has 21 heavy (non-hydrogen) atoms. The Hall–Kier alpha value is -2.66.